The van der Waals surface area contributed by atoms with Crippen molar-refractivity contribution in [3.63, 3.8) is 0 Å². The smallest absolute Gasteiger partial charge is 0.324 e. The molecule has 0 aromatic carbocycles. The van der Waals surface area contributed by atoms with Gasteiger partial charge in [-0.05, 0) is 18.8 Å². The first-order chi connectivity index (χ1) is 6.73. The molecule has 6 heteroatoms. The first-order valence-electron chi connectivity index (χ1n) is 4.78. The molecule has 0 aromatic heterocycles. The predicted octanol–water partition coefficient (Wildman–Crippen LogP) is 2.32. The van der Waals surface area contributed by atoms with Gasteiger partial charge in [-0.15, -0.1) is 0 Å². The predicted molar refractivity (Wildman–Crippen MR) is 45.7 cm³/mol. The molecule has 0 radical (unpaired) electrons. The molecule has 2 nitrogen and oxygen atoms in total. The molecular formula is C9H13F4NO. The second kappa shape index (κ2) is 3.98. The topological polar surface area (TPSA) is 43.1 Å². The maximum absolute atomic E-state index is 12.9. The molecule has 1 aliphatic rings. The zero-order valence-electron chi connectivity index (χ0n) is 8.11. The van der Waals surface area contributed by atoms with E-state index in [4.69, 9.17) is 0 Å². The molecule has 1 aliphatic carbocycles. The summed E-state index contributed by atoms with van der Waals surface area (Å²) < 4.78 is 51.1. The SMILES string of the molecule is NC(=O)C(F)(F)CC1CCC(F)(F)CC1. The third-order valence-electron chi connectivity index (χ3n) is 2.74. The van der Waals surface area contributed by atoms with Gasteiger partial charge >= 0.3 is 5.92 Å². The van der Waals surface area contributed by atoms with E-state index in [9.17, 15) is 22.4 Å². The van der Waals surface area contributed by atoms with Gasteiger partial charge in [0.1, 0.15) is 0 Å². The van der Waals surface area contributed by atoms with E-state index >= 15 is 0 Å². The van der Waals surface area contributed by atoms with Crippen LogP contribution in [0.3, 0.4) is 0 Å². The summed E-state index contributed by atoms with van der Waals surface area (Å²) in [5.74, 6) is -8.53. The van der Waals surface area contributed by atoms with Crippen LogP contribution in [0.5, 0.6) is 0 Å². The van der Waals surface area contributed by atoms with E-state index in [-0.39, 0.29) is 25.7 Å². The van der Waals surface area contributed by atoms with Crippen LogP contribution >= 0.6 is 0 Å². The van der Waals surface area contributed by atoms with Crippen LogP contribution in [-0.2, 0) is 4.79 Å². The minimum absolute atomic E-state index is 0.0237. The number of primary amides is 1. The Bertz CT molecular complexity index is 244. The standard InChI is InChI=1S/C9H13F4NO/c10-8(11)3-1-6(2-4-8)5-9(12,13)7(14)15/h6H,1-5H2,(H2,14,15). The average Bonchev–Trinajstić information content (AvgIpc) is 2.08. The van der Waals surface area contributed by atoms with Crippen LogP contribution in [0, 0.1) is 5.92 Å². The summed E-state index contributed by atoms with van der Waals surface area (Å²) in [6.45, 7) is 0. The van der Waals surface area contributed by atoms with Gasteiger partial charge in [0.25, 0.3) is 5.91 Å². The van der Waals surface area contributed by atoms with Gasteiger partial charge in [0.15, 0.2) is 0 Å². The number of hydrogen-bond acceptors (Lipinski definition) is 1. The van der Waals surface area contributed by atoms with Crippen molar-refractivity contribution >= 4 is 5.91 Å². The van der Waals surface area contributed by atoms with Crippen molar-refractivity contribution in [1.29, 1.82) is 0 Å². The van der Waals surface area contributed by atoms with Crippen molar-refractivity contribution in [2.24, 2.45) is 11.7 Å². The largest absolute Gasteiger partial charge is 0.364 e. The molecule has 1 fully saturated rings. The number of carbonyl (C=O) groups is 1. The maximum atomic E-state index is 12.9. The summed E-state index contributed by atoms with van der Waals surface area (Å²) >= 11 is 0. The molecule has 0 unspecified atom stereocenters. The normalized spacial score (nSPS) is 22.7. The van der Waals surface area contributed by atoms with Crippen molar-refractivity contribution in [2.75, 3.05) is 0 Å². The second-order valence-corrected chi connectivity index (χ2v) is 4.07. The van der Waals surface area contributed by atoms with Crippen LogP contribution in [0.1, 0.15) is 32.1 Å². The van der Waals surface area contributed by atoms with Crippen LogP contribution < -0.4 is 5.73 Å². The fraction of sp³-hybridized carbons (Fsp3) is 0.889. The molecule has 0 aromatic rings. The van der Waals surface area contributed by atoms with Crippen LogP contribution in [0.25, 0.3) is 0 Å². The fourth-order valence-corrected chi connectivity index (χ4v) is 1.77. The Morgan fingerprint density at radius 3 is 2.20 bits per heavy atom. The van der Waals surface area contributed by atoms with Gasteiger partial charge in [0.2, 0.25) is 5.92 Å². The van der Waals surface area contributed by atoms with Crippen molar-refractivity contribution in [2.45, 2.75) is 43.9 Å². The summed E-state index contributed by atoms with van der Waals surface area (Å²) in [6, 6.07) is 0. The molecule has 0 heterocycles. The van der Waals surface area contributed by atoms with Crippen LogP contribution in [0.15, 0.2) is 0 Å². The van der Waals surface area contributed by atoms with E-state index in [2.05, 4.69) is 5.73 Å². The highest BCUT2D eigenvalue weighted by molar-refractivity contribution is 5.81. The van der Waals surface area contributed by atoms with E-state index in [0.717, 1.165) is 0 Å². The Labute approximate surface area is 84.8 Å². The molecule has 88 valence electrons. The van der Waals surface area contributed by atoms with Gasteiger partial charge in [-0.25, -0.2) is 8.78 Å². The minimum atomic E-state index is -3.57. The van der Waals surface area contributed by atoms with Gasteiger partial charge in [-0.2, -0.15) is 8.78 Å². The lowest BCUT2D eigenvalue weighted by molar-refractivity contribution is -0.145. The Hall–Kier alpha value is -0.810. The van der Waals surface area contributed by atoms with Gasteiger partial charge < -0.3 is 5.73 Å². The molecule has 1 saturated carbocycles. The molecule has 0 aliphatic heterocycles. The summed E-state index contributed by atoms with van der Waals surface area (Å²) in [7, 11) is 0. The lowest BCUT2D eigenvalue weighted by Gasteiger charge is -2.29. The van der Waals surface area contributed by atoms with Gasteiger partial charge in [-0.3, -0.25) is 4.79 Å². The summed E-state index contributed by atoms with van der Waals surface area (Å²) in [5, 5.41) is 0. The molecule has 1 rings (SSSR count). The molecule has 0 bridgehead atoms. The van der Waals surface area contributed by atoms with Crippen LogP contribution in [-0.4, -0.2) is 17.8 Å². The van der Waals surface area contributed by atoms with Crippen molar-refractivity contribution in [1.82, 2.24) is 0 Å². The van der Waals surface area contributed by atoms with E-state index in [1.807, 2.05) is 0 Å². The number of alkyl halides is 4. The monoisotopic (exact) mass is 227 g/mol. The number of nitrogens with two attached hydrogens (primary N) is 1. The van der Waals surface area contributed by atoms with Gasteiger partial charge in [0.05, 0.1) is 0 Å². The molecule has 15 heavy (non-hydrogen) atoms. The van der Waals surface area contributed by atoms with E-state index < -0.39 is 30.1 Å². The quantitative estimate of drug-likeness (QED) is 0.739. The zero-order valence-corrected chi connectivity index (χ0v) is 8.11. The van der Waals surface area contributed by atoms with E-state index in [1.54, 1.807) is 0 Å². The van der Waals surface area contributed by atoms with Crippen LogP contribution in [0.4, 0.5) is 17.6 Å². The van der Waals surface area contributed by atoms with Crippen molar-refractivity contribution in [3.05, 3.63) is 0 Å². The maximum Gasteiger partial charge on any atom is 0.324 e. The number of amides is 1. The number of rotatable bonds is 3. The minimum Gasteiger partial charge on any atom is -0.364 e. The van der Waals surface area contributed by atoms with Gasteiger partial charge in [-0.1, -0.05) is 0 Å². The van der Waals surface area contributed by atoms with Crippen molar-refractivity contribution in [3.8, 4) is 0 Å². The highest BCUT2D eigenvalue weighted by Gasteiger charge is 2.42. The Morgan fingerprint density at radius 1 is 1.33 bits per heavy atom. The van der Waals surface area contributed by atoms with Gasteiger partial charge in [0, 0.05) is 19.3 Å². The van der Waals surface area contributed by atoms with E-state index in [1.165, 1.54) is 0 Å². The lowest BCUT2D eigenvalue weighted by Crippen LogP contribution is -2.38. The Morgan fingerprint density at radius 2 is 1.80 bits per heavy atom. The zero-order chi connectivity index (χ0) is 11.7. The summed E-state index contributed by atoms with van der Waals surface area (Å²) in [5.41, 5.74) is 4.50. The fourth-order valence-electron chi connectivity index (χ4n) is 1.77. The van der Waals surface area contributed by atoms with E-state index in [0.29, 0.717) is 0 Å². The highest BCUT2D eigenvalue weighted by Crippen LogP contribution is 2.40. The lowest BCUT2D eigenvalue weighted by atomic mass is 9.83. The molecule has 0 spiro atoms. The molecule has 0 saturated heterocycles. The summed E-state index contributed by atoms with van der Waals surface area (Å²) in [6.07, 6.45) is -1.43. The first-order valence-corrected chi connectivity index (χ1v) is 4.78. The second-order valence-electron chi connectivity index (χ2n) is 4.07. The number of hydrogen-bond donors (Lipinski definition) is 1. The average molecular weight is 227 g/mol. The number of halogens is 4. The third kappa shape index (κ3) is 3.35. The Kier molecular flexibility index (Phi) is 3.25. The molecule has 1 amide bonds. The first kappa shape index (κ1) is 12.3. The molecule has 2 N–H and O–H groups in total. The third-order valence-corrected chi connectivity index (χ3v) is 2.74. The van der Waals surface area contributed by atoms with Crippen molar-refractivity contribution < 1.29 is 22.4 Å². The summed E-state index contributed by atoms with van der Waals surface area (Å²) in [4.78, 5) is 10.3. The number of carbonyl (C=O) groups excluding carboxylic acids is 1. The molecule has 0 atom stereocenters. The highest BCUT2D eigenvalue weighted by atomic mass is 19.3. The van der Waals surface area contributed by atoms with Crippen LogP contribution in [0.2, 0.25) is 0 Å². The Balaban J connectivity index is 2.46. The molecular weight excluding hydrogens is 214 g/mol.